The minimum absolute atomic E-state index is 0.0392. The van der Waals surface area contributed by atoms with E-state index in [0.717, 1.165) is 4.31 Å². The maximum Gasteiger partial charge on any atom is 0.330 e. The Morgan fingerprint density at radius 2 is 1.77 bits per heavy atom. The van der Waals surface area contributed by atoms with Crippen molar-refractivity contribution in [3.63, 3.8) is 0 Å². The maximum atomic E-state index is 13.2. The Labute approximate surface area is 180 Å². The number of nitrogens with zero attached hydrogens (tertiary/aromatic N) is 1. The molecule has 0 radical (unpaired) electrons. The molecule has 0 aliphatic carbocycles. The van der Waals surface area contributed by atoms with Gasteiger partial charge in [0.05, 0.1) is 19.1 Å². The topological polar surface area (TPSA) is 122 Å². The summed E-state index contributed by atoms with van der Waals surface area (Å²) in [6, 6.07) is 10.2. The van der Waals surface area contributed by atoms with Crippen LogP contribution in [0.15, 0.2) is 53.4 Å². The molecule has 2 unspecified atom stereocenters. The molecule has 1 heterocycles. The maximum absolute atomic E-state index is 13.2. The predicted octanol–water partition coefficient (Wildman–Crippen LogP) is 1.80. The summed E-state index contributed by atoms with van der Waals surface area (Å²) in [6.45, 7) is 0.151. The highest BCUT2D eigenvalue weighted by Crippen LogP contribution is 2.33. The van der Waals surface area contributed by atoms with Crippen molar-refractivity contribution in [1.29, 1.82) is 0 Å². The molecule has 1 fully saturated rings. The number of carboxylic acids is 1. The lowest BCUT2D eigenvalue weighted by Gasteiger charge is -2.25. The van der Waals surface area contributed by atoms with Gasteiger partial charge >= 0.3 is 5.97 Å². The van der Waals surface area contributed by atoms with E-state index in [9.17, 15) is 23.1 Å². The molecule has 10 heteroatoms. The number of rotatable bonds is 8. The highest BCUT2D eigenvalue weighted by atomic mass is 32.2. The molecule has 0 saturated carbocycles. The van der Waals surface area contributed by atoms with Crippen molar-refractivity contribution < 1.29 is 32.6 Å². The highest BCUT2D eigenvalue weighted by molar-refractivity contribution is 7.89. The monoisotopic (exact) mass is 448 g/mol. The minimum Gasteiger partial charge on any atom is -0.493 e. The van der Waals surface area contributed by atoms with Gasteiger partial charge in [-0.1, -0.05) is 30.3 Å². The number of amides is 1. The first-order valence-corrected chi connectivity index (χ1v) is 11.1. The Balaban J connectivity index is 1.86. The van der Waals surface area contributed by atoms with Gasteiger partial charge in [-0.25, -0.2) is 13.2 Å². The fourth-order valence-corrected chi connectivity index (χ4v) is 5.25. The van der Waals surface area contributed by atoms with Crippen LogP contribution in [0.3, 0.4) is 0 Å². The highest BCUT2D eigenvalue weighted by Gasteiger charge is 2.41. The van der Waals surface area contributed by atoms with E-state index in [2.05, 4.69) is 5.32 Å². The lowest BCUT2D eigenvalue weighted by atomic mass is 10.1. The number of ether oxygens (including phenoxy) is 2. The number of methoxy groups -OCH3 is 2. The van der Waals surface area contributed by atoms with Gasteiger partial charge in [0, 0.05) is 12.6 Å². The molecule has 1 saturated heterocycles. The lowest BCUT2D eigenvalue weighted by Crippen LogP contribution is -2.48. The molecule has 0 spiro atoms. The number of carbonyl (C=O) groups excluding carboxylic acids is 1. The summed E-state index contributed by atoms with van der Waals surface area (Å²) in [5.41, 5.74) is 0.399. The summed E-state index contributed by atoms with van der Waals surface area (Å²) >= 11 is 0. The van der Waals surface area contributed by atoms with E-state index in [0.29, 0.717) is 24.2 Å². The van der Waals surface area contributed by atoms with E-state index in [4.69, 9.17) is 9.47 Å². The normalized spacial score (nSPS) is 17.7. The Morgan fingerprint density at radius 1 is 1.10 bits per heavy atom. The van der Waals surface area contributed by atoms with Crippen LogP contribution < -0.4 is 14.8 Å². The predicted molar refractivity (Wildman–Crippen MR) is 111 cm³/mol. The molecule has 2 aromatic rings. The Hall–Kier alpha value is -3.11. The van der Waals surface area contributed by atoms with Crippen LogP contribution in [0.2, 0.25) is 0 Å². The Kier molecular flexibility index (Phi) is 6.81. The summed E-state index contributed by atoms with van der Waals surface area (Å²) in [6.07, 6.45) is 0.771. The molecule has 166 valence electrons. The summed E-state index contributed by atoms with van der Waals surface area (Å²) in [7, 11) is -1.18. The SMILES string of the molecule is COc1ccc(S(=O)(=O)N2CCCC2C(=O)NC(C(=O)O)c2ccccc2)cc1OC. The second-order valence-electron chi connectivity index (χ2n) is 6.98. The van der Waals surface area contributed by atoms with Gasteiger partial charge in [-0.05, 0) is 30.5 Å². The van der Waals surface area contributed by atoms with Crippen molar-refractivity contribution in [1.82, 2.24) is 9.62 Å². The quantitative estimate of drug-likeness (QED) is 0.631. The van der Waals surface area contributed by atoms with Gasteiger partial charge in [-0.2, -0.15) is 4.31 Å². The molecule has 1 aliphatic rings. The van der Waals surface area contributed by atoms with Crippen molar-refractivity contribution in [3.8, 4) is 11.5 Å². The number of sulfonamides is 1. The van der Waals surface area contributed by atoms with Crippen molar-refractivity contribution >= 4 is 21.9 Å². The number of benzene rings is 2. The fourth-order valence-electron chi connectivity index (χ4n) is 3.57. The van der Waals surface area contributed by atoms with Gasteiger partial charge in [0.15, 0.2) is 17.5 Å². The average Bonchev–Trinajstić information content (AvgIpc) is 3.28. The smallest absolute Gasteiger partial charge is 0.330 e. The molecule has 1 amide bonds. The number of nitrogens with one attached hydrogen (secondary N) is 1. The van der Waals surface area contributed by atoms with Crippen molar-refractivity contribution in [2.45, 2.75) is 29.8 Å². The third-order valence-electron chi connectivity index (χ3n) is 5.13. The van der Waals surface area contributed by atoms with Gasteiger partial charge < -0.3 is 19.9 Å². The molecular weight excluding hydrogens is 424 g/mol. The van der Waals surface area contributed by atoms with Crippen LogP contribution in [0.25, 0.3) is 0 Å². The zero-order valence-corrected chi connectivity index (χ0v) is 18.0. The molecule has 2 N–H and O–H groups in total. The second-order valence-corrected chi connectivity index (χ2v) is 8.87. The Bertz CT molecular complexity index is 1060. The number of aliphatic carboxylic acids is 1. The van der Waals surface area contributed by atoms with E-state index in [1.54, 1.807) is 30.3 Å². The first kappa shape index (κ1) is 22.6. The number of carboxylic acid groups (broad SMARTS) is 1. The fraction of sp³-hybridized carbons (Fsp3) is 0.333. The third-order valence-corrected chi connectivity index (χ3v) is 7.04. The standard InChI is InChI=1S/C21H24N2O7S/c1-29-17-11-10-15(13-18(17)30-2)31(27,28)23-12-6-9-16(23)20(24)22-19(21(25)26)14-7-4-3-5-8-14/h3-5,7-8,10-11,13,16,19H,6,9,12H2,1-2H3,(H,22,24)(H,25,26). The molecule has 2 atom stereocenters. The molecule has 31 heavy (non-hydrogen) atoms. The van der Waals surface area contributed by atoms with E-state index in [-0.39, 0.29) is 17.2 Å². The molecule has 0 aromatic heterocycles. The number of hydrogen-bond donors (Lipinski definition) is 2. The first-order valence-electron chi connectivity index (χ1n) is 9.61. The molecular formula is C21H24N2O7S. The average molecular weight is 448 g/mol. The van der Waals surface area contributed by atoms with Gasteiger partial charge in [0.25, 0.3) is 0 Å². The number of hydrogen-bond acceptors (Lipinski definition) is 6. The van der Waals surface area contributed by atoms with E-state index in [1.807, 2.05) is 0 Å². The Morgan fingerprint density at radius 3 is 2.39 bits per heavy atom. The van der Waals surface area contributed by atoms with E-state index in [1.165, 1.54) is 32.4 Å². The van der Waals surface area contributed by atoms with E-state index < -0.39 is 34.0 Å². The summed E-state index contributed by atoms with van der Waals surface area (Å²) in [4.78, 5) is 24.6. The van der Waals surface area contributed by atoms with Crippen LogP contribution >= 0.6 is 0 Å². The molecule has 2 aromatic carbocycles. The van der Waals surface area contributed by atoms with Crippen molar-refractivity contribution in [2.24, 2.45) is 0 Å². The third kappa shape index (κ3) is 4.64. The molecule has 3 rings (SSSR count). The van der Waals surface area contributed by atoms with Crippen LogP contribution in [0.1, 0.15) is 24.4 Å². The van der Waals surface area contributed by atoms with Gasteiger partial charge in [-0.3, -0.25) is 4.79 Å². The zero-order chi connectivity index (χ0) is 22.6. The second kappa shape index (κ2) is 9.36. The molecule has 9 nitrogen and oxygen atoms in total. The first-order chi connectivity index (χ1) is 14.8. The van der Waals surface area contributed by atoms with Crippen molar-refractivity contribution in [3.05, 3.63) is 54.1 Å². The molecule has 1 aliphatic heterocycles. The lowest BCUT2D eigenvalue weighted by molar-refractivity contribution is -0.142. The van der Waals surface area contributed by atoms with Crippen LogP contribution in [-0.2, 0) is 19.6 Å². The molecule has 0 bridgehead atoms. The largest absolute Gasteiger partial charge is 0.493 e. The van der Waals surface area contributed by atoms with Gasteiger partial charge in [0.1, 0.15) is 6.04 Å². The van der Waals surface area contributed by atoms with E-state index >= 15 is 0 Å². The van der Waals surface area contributed by atoms with Gasteiger partial charge in [0.2, 0.25) is 15.9 Å². The minimum atomic E-state index is -4.02. The summed E-state index contributed by atoms with van der Waals surface area (Å²) in [5.74, 6) is -1.26. The number of carbonyl (C=O) groups is 2. The van der Waals surface area contributed by atoms with Crippen LogP contribution in [0.5, 0.6) is 11.5 Å². The summed E-state index contributed by atoms with van der Waals surface area (Å²) in [5, 5.41) is 12.0. The van der Waals surface area contributed by atoms with Crippen LogP contribution in [-0.4, -0.2) is 56.5 Å². The van der Waals surface area contributed by atoms with Crippen LogP contribution in [0.4, 0.5) is 0 Å². The van der Waals surface area contributed by atoms with Crippen LogP contribution in [0, 0.1) is 0 Å². The van der Waals surface area contributed by atoms with Gasteiger partial charge in [-0.15, -0.1) is 0 Å². The van der Waals surface area contributed by atoms with Crippen molar-refractivity contribution in [2.75, 3.05) is 20.8 Å². The zero-order valence-electron chi connectivity index (χ0n) is 17.1. The summed E-state index contributed by atoms with van der Waals surface area (Å²) < 4.78 is 37.9.